The molecule has 1 aromatic carbocycles. The second kappa shape index (κ2) is 3.64. The maximum absolute atomic E-state index is 2.10. The van der Waals surface area contributed by atoms with Crippen LogP contribution in [-0.2, 0) is 0 Å². The summed E-state index contributed by atoms with van der Waals surface area (Å²) < 4.78 is 2.08. The van der Waals surface area contributed by atoms with Crippen LogP contribution < -0.4 is 0 Å². The third kappa shape index (κ3) is 2.42. The lowest BCUT2D eigenvalue weighted by molar-refractivity contribution is 0.702. The Balaban J connectivity index is 2.59. The van der Waals surface area contributed by atoms with Crippen molar-refractivity contribution in [2.75, 3.05) is 14.1 Å². The smallest absolute Gasteiger partial charge is 0.0230 e. The first-order valence-corrected chi connectivity index (χ1v) is 3.97. The van der Waals surface area contributed by atoms with Crippen molar-refractivity contribution in [1.82, 2.24) is 4.31 Å². The molecule has 0 aliphatic rings. The van der Waals surface area contributed by atoms with Crippen molar-refractivity contribution >= 4 is 11.9 Å². The zero-order chi connectivity index (χ0) is 7.40. The molecule has 1 rings (SSSR count). The molecule has 0 spiro atoms. The van der Waals surface area contributed by atoms with Gasteiger partial charge in [0.25, 0.3) is 0 Å². The maximum atomic E-state index is 2.10. The second-order valence-corrected chi connectivity index (χ2v) is 3.60. The fourth-order valence-electron chi connectivity index (χ4n) is 0.692. The zero-order valence-electron chi connectivity index (χ0n) is 6.24. The topological polar surface area (TPSA) is 3.24 Å². The summed E-state index contributed by atoms with van der Waals surface area (Å²) in [5.74, 6) is 0. The Kier molecular flexibility index (Phi) is 2.78. The van der Waals surface area contributed by atoms with Crippen LogP contribution in [0.5, 0.6) is 0 Å². The quantitative estimate of drug-likeness (QED) is 0.599. The van der Waals surface area contributed by atoms with E-state index in [9.17, 15) is 0 Å². The van der Waals surface area contributed by atoms with E-state index in [1.165, 1.54) is 4.90 Å². The van der Waals surface area contributed by atoms with Gasteiger partial charge in [0.1, 0.15) is 0 Å². The standard InChI is InChI=1S/C8H11NS/c1-9(2)10-8-6-4-3-5-7-8/h3-7H,1-2H3. The van der Waals surface area contributed by atoms with Gasteiger partial charge in [0.05, 0.1) is 0 Å². The highest BCUT2D eigenvalue weighted by molar-refractivity contribution is 7.97. The van der Waals surface area contributed by atoms with Crippen LogP contribution in [0.1, 0.15) is 0 Å². The van der Waals surface area contributed by atoms with E-state index in [-0.39, 0.29) is 0 Å². The van der Waals surface area contributed by atoms with Gasteiger partial charge in [-0.2, -0.15) is 0 Å². The average molecular weight is 153 g/mol. The number of hydrogen-bond acceptors (Lipinski definition) is 2. The van der Waals surface area contributed by atoms with Crippen LogP contribution >= 0.6 is 11.9 Å². The van der Waals surface area contributed by atoms with E-state index in [2.05, 4.69) is 16.4 Å². The van der Waals surface area contributed by atoms with Crippen molar-refractivity contribution in [3.8, 4) is 0 Å². The third-order valence-corrected chi connectivity index (χ3v) is 1.88. The first kappa shape index (κ1) is 7.63. The second-order valence-electron chi connectivity index (χ2n) is 2.22. The van der Waals surface area contributed by atoms with Gasteiger partial charge in [-0.3, -0.25) is 4.31 Å². The third-order valence-electron chi connectivity index (χ3n) is 1.03. The lowest BCUT2D eigenvalue weighted by Gasteiger charge is -2.06. The molecule has 0 radical (unpaired) electrons. The molecule has 0 fully saturated rings. The highest BCUT2D eigenvalue weighted by Crippen LogP contribution is 2.17. The molecule has 10 heavy (non-hydrogen) atoms. The van der Waals surface area contributed by atoms with Crippen LogP contribution in [0.15, 0.2) is 35.2 Å². The summed E-state index contributed by atoms with van der Waals surface area (Å²) in [5.41, 5.74) is 0. The summed E-state index contributed by atoms with van der Waals surface area (Å²) in [6, 6.07) is 10.3. The molecule has 0 saturated heterocycles. The van der Waals surface area contributed by atoms with E-state index >= 15 is 0 Å². The molecule has 0 aliphatic heterocycles. The van der Waals surface area contributed by atoms with Gasteiger partial charge in [0.2, 0.25) is 0 Å². The van der Waals surface area contributed by atoms with Crippen LogP contribution in [0.4, 0.5) is 0 Å². The maximum Gasteiger partial charge on any atom is 0.0230 e. The van der Waals surface area contributed by atoms with Crippen LogP contribution in [0.25, 0.3) is 0 Å². The number of hydrogen-bond donors (Lipinski definition) is 0. The zero-order valence-corrected chi connectivity index (χ0v) is 7.06. The Morgan fingerprint density at radius 3 is 2.20 bits per heavy atom. The molecular formula is C8H11NS. The van der Waals surface area contributed by atoms with Gasteiger partial charge in [-0.1, -0.05) is 18.2 Å². The van der Waals surface area contributed by atoms with Gasteiger partial charge < -0.3 is 0 Å². The fourth-order valence-corrected chi connectivity index (χ4v) is 1.39. The van der Waals surface area contributed by atoms with Gasteiger partial charge in [0, 0.05) is 4.90 Å². The lowest BCUT2D eigenvalue weighted by atomic mass is 10.4. The summed E-state index contributed by atoms with van der Waals surface area (Å²) in [4.78, 5) is 1.28. The van der Waals surface area contributed by atoms with E-state index < -0.39 is 0 Å². The van der Waals surface area contributed by atoms with E-state index in [0.717, 1.165) is 0 Å². The monoisotopic (exact) mass is 153 g/mol. The molecule has 0 saturated carbocycles. The Morgan fingerprint density at radius 1 is 1.10 bits per heavy atom. The van der Waals surface area contributed by atoms with Crippen molar-refractivity contribution in [1.29, 1.82) is 0 Å². The lowest BCUT2D eigenvalue weighted by Crippen LogP contribution is -1.97. The summed E-state index contributed by atoms with van der Waals surface area (Å²) in [6.45, 7) is 0. The molecule has 2 heteroatoms. The molecule has 0 aliphatic carbocycles. The first-order chi connectivity index (χ1) is 4.79. The van der Waals surface area contributed by atoms with Gasteiger partial charge in [-0.15, -0.1) is 0 Å². The van der Waals surface area contributed by atoms with Crippen LogP contribution in [0.2, 0.25) is 0 Å². The van der Waals surface area contributed by atoms with Crippen LogP contribution in [-0.4, -0.2) is 18.4 Å². The summed E-state index contributed by atoms with van der Waals surface area (Å²) in [7, 11) is 4.08. The summed E-state index contributed by atoms with van der Waals surface area (Å²) in [5, 5.41) is 0. The molecule has 54 valence electrons. The predicted octanol–water partition coefficient (Wildman–Crippen LogP) is 2.26. The largest absolute Gasteiger partial charge is 0.253 e. The summed E-state index contributed by atoms with van der Waals surface area (Å²) >= 11 is 1.73. The molecule has 0 unspecified atom stereocenters. The van der Waals surface area contributed by atoms with Crippen molar-refractivity contribution in [3.05, 3.63) is 30.3 Å². The van der Waals surface area contributed by atoms with E-state index in [1.807, 2.05) is 32.3 Å². The summed E-state index contributed by atoms with van der Waals surface area (Å²) in [6.07, 6.45) is 0. The number of benzene rings is 1. The van der Waals surface area contributed by atoms with Crippen LogP contribution in [0, 0.1) is 0 Å². The normalized spacial score (nSPS) is 10.3. The molecule has 0 aromatic heterocycles. The minimum absolute atomic E-state index is 1.28. The number of rotatable bonds is 2. The molecule has 0 bridgehead atoms. The van der Waals surface area contributed by atoms with Crippen molar-refractivity contribution < 1.29 is 0 Å². The SMILES string of the molecule is CN(C)Sc1ccccc1. The molecule has 1 aromatic rings. The molecule has 0 atom stereocenters. The minimum Gasteiger partial charge on any atom is -0.253 e. The predicted molar refractivity (Wildman–Crippen MR) is 46.0 cm³/mol. The fraction of sp³-hybridized carbons (Fsp3) is 0.250. The van der Waals surface area contributed by atoms with Gasteiger partial charge in [-0.05, 0) is 38.2 Å². The minimum atomic E-state index is 1.28. The highest BCUT2D eigenvalue weighted by Gasteiger charge is 1.91. The Morgan fingerprint density at radius 2 is 1.70 bits per heavy atom. The van der Waals surface area contributed by atoms with E-state index in [1.54, 1.807) is 11.9 Å². The molecule has 0 N–H and O–H groups in total. The van der Waals surface area contributed by atoms with E-state index in [0.29, 0.717) is 0 Å². The Labute approximate surface area is 66.2 Å². The Hall–Kier alpha value is -0.470. The van der Waals surface area contributed by atoms with Crippen molar-refractivity contribution in [2.45, 2.75) is 4.90 Å². The highest BCUT2D eigenvalue weighted by atomic mass is 32.2. The van der Waals surface area contributed by atoms with Crippen LogP contribution in [0.3, 0.4) is 0 Å². The molecule has 0 heterocycles. The van der Waals surface area contributed by atoms with Gasteiger partial charge in [-0.25, -0.2) is 0 Å². The Bertz CT molecular complexity index is 184. The molecule has 1 nitrogen and oxygen atoms in total. The number of nitrogens with zero attached hydrogens (tertiary/aromatic N) is 1. The van der Waals surface area contributed by atoms with Gasteiger partial charge >= 0.3 is 0 Å². The van der Waals surface area contributed by atoms with E-state index in [4.69, 9.17) is 0 Å². The molecular weight excluding hydrogens is 142 g/mol. The average Bonchev–Trinajstić information content (AvgIpc) is 1.88. The molecule has 0 amide bonds. The van der Waals surface area contributed by atoms with Gasteiger partial charge in [0.15, 0.2) is 0 Å². The first-order valence-electron chi connectivity index (χ1n) is 3.19. The van der Waals surface area contributed by atoms with Crippen molar-refractivity contribution in [2.24, 2.45) is 0 Å². The van der Waals surface area contributed by atoms with Crippen molar-refractivity contribution in [3.63, 3.8) is 0 Å².